The van der Waals surface area contributed by atoms with Gasteiger partial charge in [0, 0.05) is 6.04 Å². The second kappa shape index (κ2) is 6.36. The molecule has 0 aliphatic heterocycles. The Kier molecular flexibility index (Phi) is 4.29. The molecule has 0 spiro atoms. The summed E-state index contributed by atoms with van der Waals surface area (Å²) in [5.74, 6) is 0.398. The highest BCUT2D eigenvalue weighted by atomic mass is 32.2. The van der Waals surface area contributed by atoms with Gasteiger partial charge in [0.2, 0.25) is 10.0 Å². The van der Waals surface area contributed by atoms with Crippen molar-refractivity contribution in [2.24, 2.45) is 0 Å². The van der Waals surface area contributed by atoms with Crippen molar-refractivity contribution < 1.29 is 8.42 Å². The van der Waals surface area contributed by atoms with Crippen molar-refractivity contribution in [1.29, 1.82) is 0 Å². The molecule has 1 aliphatic carbocycles. The van der Waals surface area contributed by atoms with E-state index in [1.165, 1.54) is 12.8 Å². The van der Waals surface area contributed by atoms with Crippen LogP contribution in [0.1, 0.15) is 18.4 Å². The molecule has 116 valence electrons. The molecule has 1 fully saturated rings. The number of sulfonamides is 1. The zero-order chi connectivity index (χ0) is 15.4. The van der Waals surface area contributed by atoms with Crippen LogP contribution < -0.4 is 10.0 Å². The first-order valence-corrected chi connectivity index (χ1v) is 9.03. The van der Waals surface area contributed by atoms with E-state index in [0.717, 1.165) is 11.3 Å². The van der Waals surface area contributed by atoms with Crippen LogP contribution in [0.15, 0.2) is 48.7 Å². The molecule has 2 aromatic rings. The van der Waals surface area contributed by atoms with Crippen LogP contribution in [0, 0.1) is 0 Å². The number of aryl methyl sites for hydroxylation is 1. The lowest BCUT2D eigenvalue weighted by Gasteiger charge is -2.09. The number of nitrogens with one attached hydrogen (secondary N) is 2. The SMILES string of the molecule is O=S(=O)(CCc1ccccc1)Nc1ccc(NC2CC2)cn1. The first-order valence-electron chi connectivity index (χ1n) is 7.38. The second-order valence-corrected chi connectivity index (χ2v) is 7.35. The summed E-state index contributed by atoms with van der Waals surface area (Å²) in [4.78, 5) is 4.15. The molecule has 1 aromatic carbocycles. The topological polar surface area (TPSA) is 71.1 Å². The highest BCUT2D eigenvalue weighted by Crippen LogP contribution is 2.24. The van der Waals surface area contributed by atoms with Crippen molar-refractivity contribution in [3.05, 3.63) is 54.2 Å². The van der Waals surface area contributed by atoms with E-state index in [1.807, 2.05) is 36.4 Å². The largest absolute Gasteiger partial charge is 0.381 e. The Morgan fingerprint density at radius 1 is 1.09 bits per heavy atom. The van der Waals surface area contributed by atoms with E-state index in [0.29, 0.717) is 18.3 Å². The van der Waals surface area contributed by atoms with Gasteiger partial charge >= 0.3 is 0 Å². The van der Waals surface area contributed by atoms with Gasteiger partial charge in [-0.1, -0.05) is 30.3 Å². The molecule has 1 aromatic heterocycles. The summed E-state index contributed by atoms with van der Waals surface area (Å²) in [7, 11) is -3.39. The Bertz CT molecular complexity index is 711. The normalized spacial score (nSPS) is 14.5. The Hall–Kier alpha value is -2.08. The number of rotatable bonds is 7. The first kappa shape index (κ1) is 14.8. The van der Waals surface area contributed by atoms with Crippen molar-refractivity contribution in [2.75, 3.05) is 15.8 Å². The van der Waals surface area contributed by atoms with Gasteiger partial charge in [-0.05, 0) is 37.0 Å². The third-order valence-corrected chi connectivity index (χ3v) is 4.74. The second-order valence-electron chi connectivity index (χ2n) is 5.51. The molecule has 1 saturated carbocycles. The number of hydrogen-bond donors (Lipinski definition) is 2. The summed E-state index contributed by atoms with van der Waals surface area (Å²) < 4.78 is 26.7. The molecule has 0 radical (unpaired) electrons. The molecular formula is C16H19N3O2S. The Labute approximate surface area is 130 Å². The van der Waals surface area contributed by atoms with Gasteiger partial charge in [-0.3, -0.25) is 4.72 Å². The van der Waals surface area contributed by atoms with Gasteiger partial charge in [-0.25, -0.2) is 13.4 Å². The lowest BCUT2D eigenvalue weighted by Crippen LogP contribution is -2.19. The summed E-state index contributed by atoms with van der Waals surface area (Å²) in [6, 6.07) is 13.7. The third kappa shape index (κ3) is 4.46. The summed E-state index contributed by atoms with van der Waals surface area (Å²) in [6.45, 7) is 0. The van der Waals surface area contributed by atoms with E-state index in [1.54, 1.807) is 12.3 Å². The molecule has 0 unspecified atom stereocenters. The van der Waals surface area contributed by atoms with Crippen molar-refractivity contribution >= 4 is 21.5 Å². The third-order valence-electron chi connectivity index (χ3n) is 3.47. The fourth-order valence-electron chi connectivity index (χ4n) is 2.11. The van der Waals surface area contributed by atoms with Gasteiger partial charge in [0.05, 0.1) is 17.6 Å². The average molecular weight is 317 g/mol. The molecule has 22 heavy (non-hydrogen) atoms. The minimum absolute atomic E-state index is 0.0424. The molecule has 0 amide bonds. The molecule has 0 bridgehead atoms. The molecule has 3 rings (SSSR count). The maximum absolute atomic E-state index is 12.1. The summed E-state index contributed by atoms with van der Waals surface area (Å²) >= 11 is 0. The van der Waals surface area contributed by atoms with Crippen LogP contribution in [0.3, 0.4) is 0 Å². The summed E-state index contributed by atoms with van der Waals surface area (Å²) in [6.07, 6.45) is 4.52. The molecule has 0 atom stereocenters. The number of nitrogens with zero attached hydrogens (tertiary/aromatic N) is 1. The van der Waals surface area contributed by atoms with Crippen LogP contribution in [0.4, 0.5) is 11.5 Å². The quantitative estimate of drug-likeness (QED) is 0.823. The Morgan fingerprint density at radius 3 is 2.50 bits per heavy atom. The van der Waals surface area contributed by atoms with Crippen LogP contribution in [0.5, 0.6) is 0 Å². The monoisotopic (exact) mass is 317 g/mol. The molecule has 2 N–H and O–H groups in total. The van der Waals surface area contributed by atoms with Gasteiger partial charge in [0.15, 0.2) is 0 Å². The first-order chi connectivity index (χ1) is 10.6. The molecule has 6 heteroatoms. The van der Waals surface area contributed by atoms with Crippen molar-refractivity contribution in [3.8, 4) is 0 Å². The molecule has 1 heterocycles. The fourth-order valence-corrected chi connectivity index (χ4v) is 3.16. The number of anilines is 2. The fraction of sp³-hybridized carbons (Fsp3) is 0.312. The predicted octanol–water partition coefficient (Wildman–Crippen LogP) is 2.64. The molecule has 0 saturated heterocycles. The lowest BCUT2D eigenvalue weighted by molar-refractivity contribution is 0.600. The summed E-state index contributed by atoms with van der Waals surface area (Å²) in [5.41, 5.74) is 1.93. The minimum atomic E-state index is -3.39. The maximum atomic E-state index is 12.1. The molecular weight excluding hydrogens is 298 g/mol. The van der Waals surface area contributed by atoms with Crippen LogP contribution >= 0.6 is 0 Å². The highest BCUT2D eigenvalue weighted by Gasteiger charge is 2.20. The van der Waals surface area contributed by atoms with E-state index >= 15 is 0 Å². The van der Waals surface area contributed by atoms with E-state index in [2.05, 4.69) is 15.0 Å². The smallest absolute Gasteiger partial charge is 0.234 e. The van der Waals surface area contributed by atoms with Crippen molar-refractivity contribution in [2.45, 2.75) is 25.3 Å². The Morgan fingerprint density at radius 2 is 1.86 bits per heavy atom. The standard InChI is InChI=1S/C16H19N3O2S/c20-22(21,11-10-13-4-2-1-3-5-13)19-16-9-8-15(12-17-16)18-14-6-7-14/h1-5,8-9,12,14,18H,6-7,10-11H2,(H,17,19). The maximum Gasteiger partial charge on any atom is 0.234 e. The van der Waals surface area contributed by atoms with Crippen LogP contribution in [0.25, 0.3) is 0 Å². The zero-order valence-electron chi connectivity index (χ0n) is 12.2. The predicted molar refractivity (Wildman–Crippen MR) is 88.4 cm³/mol. The lowest BCUT2D eigenvalue weighted by atomic mass is 10.2. The van der Waals surface area contributed by atoms with E-state index in [9.17, 15) is 8.42 Å². The van der Waals surface area contributed by atoms with Crippen LogP contribution in [-0.2, 0) is 16.4 Å². The Balaban J connectivity index is 1.56. The van der Waals surface area contributed by atoms with E-state index < -0.39 is 10.0 Å². The van der Waals surface area contributed by atoms with Crippen molar-refractivity contribution in [3.63, 3.8) is 0 Å². The number of benzene rings is 1. The van der Waals surface area contributed by atoms with Gasteiger partial charge in [-0.2, -0.15) is 0 Å². The number of pyridine rings is 1. The summed E-state index contributed by atoms with van der Waals surface area (Å²) in [5, 5.41) is 3.31. The zero-order valence-corrected chi connectivity index (χ0v) is 13.0. The van der Waals surface area contributed by atoms with Crippen LogP contribution in [0.2, 0.25) is 0 Å². The minimum Gasteiger partial charge on any atom is -0.381 e. The highest BCUT2D eigenvalue weighted by molar-refractivity contribution is 7.92. The molecule has 5 nitrogen and oxygen atoms in total. The van der Waals surface area contributed by atoms with Crippen molar-refractivity contribution in [1.82, 2.24) is 4.98 Å². The number of hydrogen-bond acceptors (Lipinski definition) is 4. The van der Waals surface area contributed by atoms with Gasteiger partial charge in [0.1, 0.15) is 5.82 Å². The van der Waals surface area contributed by atoms with E-state index in [-0.39, 0.29) is 5.75 Å². The van der Waals surface area contributed by atoms with Gasteiger partial charge in [0.25, 0.3) is 0 Å². The van der Waals surface area contributed by atoms with E-state index in [4.69, 9.17) is 0 Å². The van der Waals surface area contributed by atoms with Crippen LogP contribution in [-0.4, -0.2) is 25.2 Å². The number of aromatic nitrogens is 1. The molecule has 1 aliphatic rings. The van der Waals surface area contributed by atoms with Gasteiger partial charge < -0.3 is 5.32 Å². The van der Waals surface area contributed by atoms with Gasteiger partial charge in [-0.15, -0.1) is 0 Å². The average Bonchev–Trinajstić information content (AvgIpc) is 3.32.